The molecule has 1 aromatic heterocycles. The van der Waals surface area contributed by atoms with Crippen LogP contribution in [0.4, 0.5) is 20.3 Å². The third-order valence-corrected chi connectivity index (χ3v) is 5.50. The number of hydrogen-bond donors (Lipinski definition) is 2. The molecule has 1 fully saturated rings. The SMILES string of the molecule is O=C(c1cc2c([nH]1)N(c1ccc3c(c1)C=CN[N+]([O-])=C3)CO2)N1CCC(F)(F)CC1. The fraction of sp³-hybridized carbons (Fsp3) is 0.300. The van der Waals surface area contributed by atoms with Gasteiger partial charge in [0.25, 0.3) is 11.8 Å². The molecule has 2 aromatic rings. The summed E-state index contributed by atoms with van der Waals surface area (Å²) in [5.74, 6) is -1.86. The highest BCUT2D eigenvalue weighted by molar-refractivity contribution is 5.95. The molecule has 3 aliphatic rings. The Bertz CT molecular complexity index is 1070. The van der Waals surface area contributed by atoms with Crippen molar-refractivity contribution < 1.29 is 23.2 Å². The zero-order valence-corrected chi connectivity index (χ0v) is 15.9. The number of hydrazine groups is 1. The summed E-state index contributed by atoms with van der Waals surface area (Å²) < 4.78 is 32.5. The number of carbonyl (C=O) groups is 1. The van der Waals surface area contributed by atoms with Gasteiger partial charge in [0.15, 0.2) is 18.3 Å². The third-order valence-electron chi connectivity index (χ3n) is 5.50. The second-order valence-corrected chi connectivity index (χ2v) is 7.48. The van der Waals surface area contributed by atoms with Crippen molar-refractivity contribution in [3.8, 4) is 5.75 Å². The number of nitrogens with zero attached hydrogens (tertiary/aromatic N) is 3. The number of alkyl halides is 2. The topological polar surface area (TPSA) is 86.7 Å². The average molecular weight is 415 g/mol. The predicted molar refractivity (Wildman–Crippen MR) is 106 cm³/mol. The molecular weight excluding hydrogens is 396 g/mol. The fourth-order valence-electron chi connectivity index (χ4n) is 3.82. The number of amides is 1. The number of H-pyrrole nitrogens is 1. The van der Waals surface area contributed by atoms with Crippen LogP contribution in [0.2, 0.25) is 0 Å². The number of ether oxygens (including phenoxy) is 1. The first-order valence-corrected chi connectivity index (χ1v) is 9.58. The zero-order chi connectivity index (χ0) is 20.9. The number of nitrogens with one attached hydrogen (secondary N) is 2. The number of carbonyl (C=O) groups excluding carboxylic acids is 1. The van der Waals surface area contributed by atoms with Gasteiger partial charge in [-0.25, -0.2) is 8.78 Å². The van der Waals surface area contributed by atoms with Crippen LogP contribution >= 0.6 is 0 Å². The van der Waals surface area contributed by atoms with Gasteiger partial charge in [-0.05, 0) is 29.8 Å². The van der Waals surface area contributed by atoms with Crippen molar-refractivity contribution in [1.82, 2.24) is 15.3 Å². The summed E-state index contributed by atoms with van der Waals surface area (Å²) >= 11 is 0. The minimum absolute atomic E-state index is 0.0263. The molecule has 10 heteroatoms. The van der Waals surface area contributed by atoms with E-state index in [0.29, 0.717) is 22.1 Å². The molecule has 0 radical (unpaired) electrons. The van der Waals surface area contributed by atoms with Crippen LogP contribution in [0, 0.1) is 5.21 Å². The Balaban J connectivity index is 1.39. The first-order chi connectivity index (χ1) is 14.4. The fourth-order valence-corrected chi connectivity index (χ4v) is 3.82. The van der Waals surface area contributed by atoms with Crippen LogP contribution in [-0.2, 0) is 0 Å². The highest BCUT2D eigenvalue weighted by atomic mass is 19.3. The smallest absolute Gasteiger partial charge is 0.270 e. The van der Waals surface area contributed by atoms with Gasteiger partial charge < -0.3 is 19.8 Å². The molecule has 1 saturated heterocycles. The number of benzene rings is 1. The molecule has 2 N–H and O–H groups in total. The summed E-state index contributed by atoms with van der Waals surface area (Å²) in [4.78, 5) is 19.8. The number of likely N-dealkylation sites (tertiary alicyclic amines) is 1. The quantitative estimate of drug-likeness (QED) is 0.582. The van der Waals surface area contributed by atoms with Gasteiger partial charge in [-0.15, -0.1) is 0 Å². The molecular formula is C20H19F2N5O3. The number of aromatic amines is 1. The number of anilines is 2. The Labute approximate surface area is 170 Å². The second-order valence-electron chi connectivity index (χ2n) is 7.48. The van der Waals surface area contributed by atoms with Crippen LogP contribution in [0.15, 0.2) is 30.5 Å². The first-order valence-electron chi connectivity index (χ1n) is 9.58. The van der Waals surface area contributed by atoms with Gasteiger partial charge in [-0.1, -0.05) is 4.85 Å². The standard InChI is InChI=1S/C20H19F2N5O3/c21-20(22)4-7-25(8-5-20)19(28)16-10-17-18(24-16)26(12-30-17)15-2-1-14-11-27(29)23-6-3-13(14)9-15/h1-3,6,9-11,23-24H,4-5,7-8,12H2. The Morgan fingerprint density at radius 2 is 2.00 bits per heavy atom. The van der Waals surface area contributed by atoms with Crippen molar-refractivity contribution in [2.24, 2.45) is 0 Å². The highest BCUT2D eigenvalue weighted by Crippen LogP contribution is 2.40. The molecule has 30 heavy (non-hydrogen) atoms. The van der Waals surface area contributed by atoms with Crippen molar-refractivity contribution in [2.75, 3.05) is 24.7 Å². The highest BCUT2D eigenvalue weighted by Gasteiger charge is 2.37. The Hall–Kier alpha value is -3.56. The maximum absolute atomic E-state index is 13.4. The lowest BCUT2D eigenvalue weighted by Crippen LogP contribution is -2.42. The van der Waals surface area contributed by atoms with Crippen LogP contribution < -0.4 is 15.1 Å². The van der Waals surface area contributed by atoms with E-state index in [-0.39, 0.29) is 38.6 Å². The molecule has 0 atom stereocenters. The van der Waals surface area contributed by atoms with Crippen LogP contribution in [0.3, 0.4) is 0 Å². The molecule has 8 nitrogen and oxygen atoms in total. The van der Waals surface area contributed by atoms with E-state index in [4.69, 9.17) is 4.74 Å². The molecule has 5 rings (SSSR count). The van der Waals surface area contributed by atoms with E-state index in [0.717, 1.165) is 16.8 Å². The van der Waals surface area contributed by atoms with Crippen LogP contribution in [0.25, 0.3) is 6.08 Å². The minimum atomic E-state index is -2.70. The average Bonchev–Trinajstić information content (AvgIpc) is 3.24. The molecule has 0 bridgehead atoms. The summed E-state index contributed by atoms with van der Waals surface area (Å²) in [5, 5.41) is 11.6. The number of hydrogen-bond acceptors (Lipinski definition) is 5. The Morgan fingerprint density at radius 3 is 2.80 bits per heavy atom. The molecule has 4 heterocycles. The molecule has 156 valence electrons. The van der Waals surface area contributed by atoms with E-state index in [2.05, 4.69) is 10.4 Å². The Kier molecular flexibility index (Phi) is 4.16. The van der Waals surface area contributed by atoms with Gasteiger partial charge in [0.2, 0.25) is 6.21 Å². The first kappa shape index (κ1) is 18.5. The van der Waals surface area contributed by atoms with E-state index < -0.39 is 5.92 Å². The largest absolute Gasteiger partial charge is 0.596 e. The summed E-state index contributed by atoms with van der Waals surface area (Å²) in [6.45, 7) is 0.320. The maximum Gasteiger partial charge on any atom is 0.270 e. The number of halogens is 2. The van der Waals surface area contributed by atoms with Crippen molar-refractivity contribution in [2.45, 2.75) is 18.8 Å². The van der Waals surface area contributed by atoms with E-state index in [1.807, 2.05) is 23.1 Å². The molecule has 0 unspecified atom stereocenters. The third kappa shape index (κ3) is 3.23. The number of hydrazone groups is 1. The molecule has 1 amide bonds. The maximum atomic E-state index is 13.4. The van der Waals surface area contributed by atoms with Crippen LogP contribution in [0.1, 0.15) is 34.5 Å². The monoisotopic (exact) mass is 415 g/mol. The molecule has 0 aliphatic carbocycles. The molecule has 1 aromatic carbocycles. The number of aromatic nitrogens is 1. The van der Waals surface area contributed by atoms with E-state index in [1.165, 1.54) is 11.1 Å². The van der Waals surface area contributed by atoms with Crippen molar-refractivity contribution in [1.29, 1.82) is 0 Å². The molecule has 0 saturated carbocycles. The lowest BCUT2D eigenvalue weighted by atomic mass is 10.1. The minimum Gasteiger partial charge on any atom is -0.596 e. The normalized spacial score (nSPS) is 19.3. The van der Waals surface area contributed by atoms with Gasteiger partial charge in [-0.3, -0.25) is 9.69 Å². The van der Waals surface area contributed by atoms with Crippen LogP contribution in [0.5, 0.6) is 5.75 Å². The lowest BCUT2D eigenvalue weighted by molar-refractivity contribution is -0.505. The van der Waals surface area contributed by atoms with Crippen molar-refractivity contribution in [3.63, 3.8) is 0 Å². The summed E-state index contributed by atoms with van der Waals surface area (Å²) in [5.41, 5.74) is 5.30. The number of fused-ring (bicyclic) bond motifs is 2. The van der Waals surface area contributed by atoms with Gasteiger partial charge in [0, 0.05) is 43.2 Å². The lowest BCUT2D eigenvalue weighted by Gasteiger charge is -2.31. The van der Waals surface area contributed by atoms with E-state index in [1.54, 1.807) is 18.3 Å². The molecule has 3 aliphatic heterocycles. The predicted octanol–water partition coefficient (Wildman–Crippen LogP) is 2.79. The second kappa shape index (κ2) is 6.75. The number of piperidine rings is 1. The Morgan fingerprint density at radius 1 is 1.20 bits per heavy atom. The summed E-state index contributed by atoms with van der Waals surface area (Å²) in [7, 11) is 0. The van der Waals surface area contributed by atoms with Crippen molar-refractivity contribution in [3.05, 3.63) is 52.5 Å². The number of rotatable bonds is 2. The van der Waals surface area contributed by atoms with Gasteiger partial charge in [-0.2, -0.15) is 5.43 Å². The van der Waals surface area contributed by atoms with Gasteiger partial charge in [0.05, 0.1) is 6.20 Å². The molecule has 0 spiro atoms. The van der Waals surface area contributed by atoms with E-state index in [9.17, 15) is 18.8 Å². The summed E-state index contributed by atoms with van der Waals surface area (Å²) in [6, 6.07) is 7.21. The van der Waals surface area contributed by atoms with Crippen molar-refractivity contribution >= 4 is 29.7 Å². The zero-order valence-electron chi connectivity index (χ0n) is 15.9. The van der Waals surface area contributed by atoms with E-state index >= 15 is 0 Å². The van der Waals surface area contributed by atoms with Gasteiger partial charge in [0.1, 0.15) is 5.69 Å². The summed E-state index contributed by atoms with van der Waals surface area (Å²) in [6.07, 6.45) is 4.15. The van der Waals surface area contributed by atoms with Crippen LogP contribution in [-0.4, -0.2) is 52.6 Å². The van der Waals surface area contributed by atoms with Gasteiger partial charge >= 0.3 is 0 Å².